The molecule has 0 bridgehead atoms. The molecule has 1 saturated heterocycles. The van der Waals surface area contributed by atoms with Crippen molar-refractivity contribution in [3.8, 4) is 0 Å². The highest BCUT2D eigenvalue weighted by atomic mass is 79.9. The number of pyridine rings is 1. The number of aliphatic hydroxyl groups is 2. The van der Waals surface area contributed by atoms with Gasteiger partial charge in [-0.2, -0.15) is 0 Å². The second kappa shape index (κ2) is 4.48. The first kappa shape index (κ1) is 11.5. The van der Waals surface area contributed by atoms with Gasteiger partial charge >= 0.3 is 0 Å². The van der Waals surface area contributed by atoms with E-state index in [1.54, 1.807) is 12.1 Å². The zero-order valence-electron chi connectivity index (χ0n) is 8.38. The molecule has 1 aromatic heterocycles. The number of rotatable bonds is 1. The van der Waals surface area contributed by atoms with Crippen LogP contribution in [0.3, 0.4) is 0 Å². The van der Waals surface area contributed by atoms with Crippen LogP contribution in [0, 0.1) is 0 Å². The largest absolute Gasteiger partial charge is 0.388 e. The van der Waals surface area contributed by atoms with Crippen molar-refractivity contribution in [2.24, 2.45) is 0 Å². The highest BCUT2D eigenvalue weighted by molar-refractivity contribution is 9.10. The summed E-state index contributed by atoms with van der Waals surface area (Å²) in [5.41, 5.74) is 0.310. The van der Waals surface area contributed by atoms with Gasteiger partial charge in [0.05, 0.1) is 12.2 Å². The van der Waals surface area contributed by atoms with E-state index in [0.29, 0.717) is 5.69 Å². The molecule has 1 amide bonds. The van der Waals surface area contributed by atoms with Crippen LogP contribution in [0.5, 0.6) is 0 Å². The summed E-state index contributed by atoms with van der Waals surface area (Å²) in [5.74, 6) is -0.275. The second-order valence-corrected chi connectivity index (χ2v) is 4.62. The minimum absolute atomic E-state index is 0.151. The van der Waals surface area contributed by atoms with Crippen LogP contribution in [0.2, 0.25) is 0 Å². The van der Waals surface area contributed by atoms with Gasteiger partial charge in [0.25, 0.3) is 5.91 Å². The summed E-state index contributed by atoms with van der Waals surface area (Å²) in [6, 6.07) is 3.33. The molecule has 1 fully saturated rings. The quantitative estimate of drug-likeness (QED) is 0.764. The van der Waals surface area contributed by atoms with Gasteiger partial charge in [-0.3, -0.25) is 4.79 Å². The molecule has 0 spiro atoms. The summed E-state index contributed by atoms with van der Waals surface area (Å²) in [7, 11) is 0. The van der Waals surface area contributed by atoms with E-state index < -0.39 is 12.2 Å². The average molecular weight is 287 g/mol. The molecule has 1 aromatic rings. The molecule has 2 heterocycles. The molecule has 1 aliphatic rings. The first-order valence-electron chi connectivity index (χ1n) is 4.85. The third kappa shape index (κ3) is 2.23. The van der Waals surface area contributed by atoms with Crippen molar-refractivity contribution in [3.05, 3.63) is 28.5 Å². The maximum Gasteiger partial charge on any atom is 0.272 e. The van der Waals surface area contributed by atoms with Crippen LogP contribution >= 0.6 is 15.9 Å². The normalized spacial score (nSPS) is 24.8. The Bertz CT molecular complexity index is 386. The lowest BCUT2D eigenvalue weighted by Gasteiger charge is -2.14. The van der Waals surface area contributed by atoms with Crippen molar-refractivity contribution in [1.82, 2.24) is 9.88 Å². The van der Waals surface area contributed by atoms with Crippen molar-refractivity contribution in [2.45, 2.75) is 12.2 Å². The number of hydrogen-bond acceptors (Lipinski definition) is 4. The van der Waals surface area contributed by atoms with Gasteiger partial charge < -0.3 is 15.1 Å². The first-order valence-corrected chi connectivity index (χ1v) is 5.64. The fourth-order valence-electron chi connectivity index (χ4n) is 1.60. The number of carbonyl (C=O) groups excluding carboxylic acids is 1. The lowest BCUT2D eigenvalue weighted by atomic mass is 10.3. The lowest BCUT2D eigenvalue weighted by Crippen LogP contribution is -2.30. The molecule has 2 N–H and O–H groups in total. The highest BCUT2D eigenvalue weighted by Gasteiger charge is 2.33. The minimum Gasteiger partial charge on any atom is -0.388 e. The summed E-state index contributed by atoms with van der Waals surface area (Å²) in [6.07, 6.45) is -0.185. The Balaban J connectivity index is 2.11. The Hall–Kier alpha value is -0.980. The molecule has 6 heteroatoms. The van der Waals surface area contributed by atoms with E-state index >= 15 is 0 Å². The minimum atomic E-state index is -0.862. The van der Waals surface area contributed by atoms with Crippen LogP contribution in [-0.2, 0) is 0 Å². The average Bonchev–Trinajstić information content (AvgIpc) is 2.59. The highest BCUT2D eigenvalue weighted by Crippen LogP contribution is 2.14. The summed E-state index contributed by atoms with van der Waals surface area (Å²) in [4.78, 5) is 17.2. The molecular weight excluding hydrogens is 276 g/mol. The van der Waals surface area contributed by atoms with Gasteiger partial charge in [0, 0.05) is 23.8 Å². The van der Waals surface area contributed by atoms with Gasteiger partial charge in [-0.25, -0.2) is 4.98 Å². The maximum atomic E-state index is 11.9. The summed E-state index contributed by atoms with van der Waals surface area (Å²) in [6.45, 7) is 0.301. The third-order valence-corrected chi connectivity index (χ3v) is 2.96. The molecule has 1 aliphatic heterocycles. The Morgan fingerprint density at radius 3 is 2.50 bits per heavy atom. The summed E-state index contributed by atoms with van der Waals surface area (Å²) >= 11 is 3.23. The molecule has 2 atom stereocenters. The van der Waals surface area contributed by atoms with E-state index in [1.807, 2.05) is 0 Å². The molecule has 2 unspecified atom stereocenters. The standard InChI is InChI=1S/C10H11BrN2O3/c11-6-1-2-7(12-3-6)10(16)13-4-8(14)9(15)5-13/h1-3,8-9,14-15H,4-5H2. The predicted molar refractivity (Wildman–Crippen MR) is 59.9 cm³/mol. The fourth-order valence-corrected chi connectivity index (χ4v) is 1.83. The van der Waals surface area contributed by atoms with Crippen molar-refractivity contribution in [3.63, 3.8) is 0 Å². The summed E-state index contributed by atoms with van der Waals surface area (Å²) in [5, 5.41) is 18.7. The Kier molecular flexibility index (Phi) is 3.22. The number of amides is 1. The van der Waals surface area contributed by atoms with E-state index in [2.05, 4.69) is 20.9 Å². The second-order valence-electron chi connectivity index (χ2n) is 3.71. The Morgan fingerprint density at radius 1 is 1.38 bits per heavy atom. The van der Waals surface area contributed by atoms with Crippen molar-refractivity contribution < 1.29 is 15.0 Å². The number of likely N-dealkylation sites (tertiary alicyclic amines) is 1. The topological polar surface area (TPSA) is 73.7 Å². The van der Waals surface area contributed by atoms with Crippen LogP contribution in [0.15, 0.2) is 22.8 Å². The number of carbonyl (C=O) groups is 1. The first-order chi connectivity index (χ1) is 7.58. The molecule has 0 saturated carbocycles. The lowest BCUT2D eigenvalue weighted by molar-refractivity contribution is 0.0572. The van der Waals surface area contributed by atoms with Gasteiger partial charge in [-0.1, -0.05) is 0 Å². The number of β-amino-alcohol motifs (C(OH)–C–C–N with tert-alkyl or cyclic N) is 2. The van der Waals surface area contributed by atoms with Crippen LogP contribution in [0.25, 0.3) is 0 Å². The molecule has 86 valence electrons. The molecule has 0 aromatic carbocycles. The number of nitrogens with zero attached hydrogens (tertiary/aromatic N) is 2. The number of aliphatic hydroxyl groups excluding tert-OH is 2. The van der Waals surface area contributed by atoms with Gasteiger partial charge in [0.2, 0.25) is 0 Å². The molecule has 5 nitrogen and oxygen atoms in total. The SMILES string of the molecule is O=C(c1ccc(Br)cn1)N1CC(O)C(O)C1. The third-order valence-electron chi connectivity index (χ3n) is 2.49. The van der Waals surface area contributed by atoms with Gasteiger partial charge in [0.1, 0.15) is 5.69 Å². The Morgan fingerprint density at radius 2 is 2.00 bits per heavy atom. The summed E-state index contributed by atoms with van der Waals surface area (Å²) < 4.78 is 0.797. The van der Waals surface area contributed by atoms with Crippen molar-refractivity contribution in [2.75, 3.05) is 13.1 Å². The van der Waals surface area contributed by atoms with Gasteiger partial charge in [-0.15, -0.1) is 0 Å². The smallest absolute Gasteiger partial charge is 0.272 e. The van der Waals surface area contributed by atoms with E-state index in [4.69, 9.17) is 0 Å². The molecule has 0 radical (unpaired) electrons. The van der Waals surface area contributed by atoms with Crippen molar-refractivity contribution >= 4 is 21.8 Å². The van der Waals surface area contributed by atoms with Crippen LogP contribution in [-0.4, -0.2) is 51.3 Å². The van der Waals surface area contributed by atoms with Crippen LogP contribution in [0.1, 0.15) is 10.5 Å². The zero-order valence-corrected chi connectivity index (χ0v) is 9.96. The van der Waals surface area contributed by atoms with Crippen LogP contribution < -0.4 is 0 Å². The molecular formula is C10H11BrN2O3. The number of halogens is 1. The Labute approximate surface area is 101 Å². The van der Waals surface area contributed by atoms with Crippen LogP contribution in [0.4, 0.5) is 0 Å². The van der Waals surface area contributed by atoms with E-state index in [9.17, 15) is 15.0 Å². The number of aromatic nitrogens is 1. The fraction of sp³-hybridized carbons (Fsp3) is 0.400. The van der Waals surface area contributed by atoms with E-state index in [0.717, 1.165) is 4.47 Å². The van der Waals surface area contributed by atoms with E-state index in [-0.39, 0.29) is 19.0 Å². The monoisotopic (exact) mass is 286 g/mol. The number of hydrogen-bond donors (Lipinski definition) is 2. The maximum absolute atomic E-state index is 11.9. The van der Waals surface area contributed by atoms with Gasteiger partial charge in [-0.05, 0) is 28.1 Å². The van der Waals surface area contributed by atoms with E-state index in [1.165, 1.54) is 11.1 Å². The zero-order chi connectivity index (χ0) is 11.7. The predicted octanol–water partition coefficient (Wildman–Crippen LogP) is 0.0217. The van der Waals surface area contributed by atoms with Gasteiger partial charge in [0.15, 0.2) is 0 Å². The molecule has 2 rings (SSSR count). The molecule has 0 aliphatic carbocycles. The molecule has 16 heavy (non-hydrogen) atoms. The van der Waals surface area contributed by atoms with Crippen molar-refractivity contribution in [1.29, 1.82) is 0 Å².